The third kappa shape index (κ3) is 2.63. The first kappa shape index (κ1) is 14.1. The second-order valence-corrected chi connectivity index (χ2v) is 6.90. The fourth-order valence-corrected chi connectivity index (χ4v) is 4.16. The predicted octanol–water partition coefficient (Wildman–Crippen LogP) is 4.53. The smallest absolute Gasteiger partial charge is 0.128 e. The lowest BCUT2D eigenvalue weighted by Gasteiger charge is -2.28. The Bertz CT molecular complexity index is 463. The Morgan fingerprint density at radius 2 is 1.90 bits per heavy atom. The van der Waals surface area contributed by atoms with Gasteiger partial charge in [0.1, 0.15) is 5.82 Å². The maximum atomic E-state index is 14.5. The molecule has 3 rings (SSSR count). The first-order chi connectivity index (χ1) is 9.60. The quantitative estimate of drug-likeness (QED) is 0.832. The van der Waals surface area contributed by atoms with Gasteiger partial charge >= 0.3 is 0 Å². The number of halogens is 1. The highest BCUT2D eigenvalue weighted by Gasteiger charge is 2.48. The Kier molecular flexibility index (Phi) is 3.85. The van der Waals surface area contributed by atoms with Crippen LogP contribution in [0.2, 0.25) is 0 Å². The monoisotopic (exact) mass is 275 g/mol. The standard InChI is InChI=1S/C18H26FN/c1-4-5-20-18(15-9-13-8-14(13)10-15)17-12(3)6-11(2)7-16(17)19/h6-7,13-15,18,20H,4-5,8-10H2,1-3H3. The Morgan fingerprint density at radius 3 is 2.50 bits per heavy atom. The molecule has 2 saturated carbocycles. The summed E-state index contributed by atoms with van der Waals surface area (Å²) in [5.41, 5.74) is 3.05. The van der Waals surface area contributed by atoms with Crippen LogP contribution in [0.15, 0.2) is 12.1 Å². The van der Waals surface area contributed by atoms with Crippen LogP contribution in [0.1, 0.15) is 55.3 Å². The Labute approximate surface area is 122 Å². The first-order valence-corrected chi connectivity index (χ1v) is 8.10. The maximum Gasteiger partial charge on any atom is 0.128 e. The van der Waals surface area contributed by atoms with Crippen molar-refractivity contribution in [2.75, 3.05) is 6.54 Å². The number of hydrogen-bond acceptors (Lipinski definition) is 1. The van der Waals surface area contributed by atoms with Crippen molar-refractivity contribution < 1.29 is 4.39 Å². The zero-order valence-electron chi connectivity index (χ0n) is 12.9. The van der Waals surface area contributed by atoms with Crippen LogP contribution in [0.25, 0.3) is 0 Å². The average molecular weight is 275 g/mol. The minimum absolute atomic E-state index is 0.0170. The molecule has 20 heavy (non-hydrogen) atoms. The van der Waals surface area contributed by atoms with E-state index in [4.69, 9.17) is 0 Å². The minimum atomic E-state index is -0.0170. The topological polar surface area (TPSA) is 12.0 Å². The summed E-state index contributed by atoms with van der Waals surface area (Å²) in [6.07, 6.45) is 5.10. The molecule has 0 heterocycles. The van der Waals surface area contributed by atoms with E-state index in [0.29, 0.717) is 5.92 Å². The van der Waals surface area contributed by atoms with Gasteiger partial charge < -0.3 is 5.32 Å². The van der Waals surface area contributed by atoms with Gasteiger partial charge in [0.15, 0.2) is 0 Å². The van der Waals surface area contributed by atoms with E-state index in [1.165, 1.54) is 19.3 Å². The van der Waals surface area contributed by atoms with Crippen molar-refractivity contribution in [2.45, 2.75) is 52.5 Å². The molecule has 0 saturated heterocycles. The SMILES string of the molecule is CCCNC(c1c(C)cc(C)cc1F)C1CC2CC2C1. The number of hydrogen-bond donors (Lipinski definition) is 1. The van der Waals surface area contributed by atoms with Crippen LogP contribution >= 0.6 is 0 Å². The molecule has 2 fully saturated rings. The molecular weight excluding hydrogens is 249 g/mol. The highest BCUT2D eigenvalue weighted by Crippen LogP contribution is 2.57. The highest BCUT2D eigenvalue weighted by atomic mass is 19.1. The van der Waals surface area contributed by atoms with Gasteiger partial charge in [-0.1, -0.05) is 13.0 Å². The molecule has 0 amide bonds. The normalized spacial score (nSPS) is 29.3. The van der Waals surface area contributed by atoms with Gasteiger partial charge in [-0.15, -0.1) is 0 Å². The molecule has 0 bridgehead atoms. The van der Waals surface area contributed by atoms with Crippen molar-refractivity contribution >= 4 is 0 Å². The highest BCUT2D eigenvalue weighted by molar-refractivity contribution is 5.35. The second kappa shape index (κ2) is 5.48. The van der Waals surface area contributed by atoms with Crippen LogP contribution in [0.5, 0.6) is 0 Å². The van der Waals surface area contributed by atoms with E-state index >= 15 is 0 Å². The van der Waals surface area contributed by atoms with Gasteiger partial charge in [0.05, 0.1) is 0 Å². The fraction of sp³-hybridized carbons (Fsp3) is 0.667. The van der Waals surface area contributed by atoms with Gasteiger partial charge in [-0.25, -0.2) is 4.39 Å². The lowest BCUT2D eigenvalue weighted by molar-refractivity contribution is 0.332. The molecule has 0 aliphatic heterocycles. The molecule has 1 aromatic rings. The summed E-state index contributed by atoms with van der Waals surface area (Å²) < 4.78 is 14.5. The minimum Gasteiger partial charge on any atom is -0.310 e. The third-order valence-electron chi connectivity index (χ3n) is 5.16. The van der Waals surface area contributed by atoms with Gasteiger partial charge in [0.25, 0.3) is 0 Å². The second-order valence-electron chi connectivity index (χ2n) is 6.90. The van der Waals surface area contributed by atoms with E-state index in [9.17, 15) is 4.39 Å². The van der Waals surface area contributed by atoms with E-state index in [1.807, 2.05) is 6.92 Å². The lowest BCUT2D eigenvalue weighted by Crippen LogP contribution is -2.30. The number of rotatable bonds is 5. The molecule has 0 aromatic heterocycles. The van der Waals surface area contributed by atoms with E-state index in [2.05, 4.69) is 25.2 Å². The van der Waals surface area contributed by atoms with Crippen molar-refractivity contribution in [3.63, 3.8) is 0 Å². The van der Waals surface area contributed by atoms with Gasteiger partial charge in [-0.3, -0.25) is 0 Å². The molecule has 3 unspecified atom stereocenters. The largest absolute Gasteiger partial charge is 0.310 e. The number of nitrogens with one attached hydrogen (secondary N) is 1. The zero-order valence-corrected chi connectivity index (χ0v) is 12.9. The lowest BCUT2D eigenvalue weighted by atomic mass is 9.86. The van der Waals surface area contributed by atoms with Crippen LogP contribution < -0.4 is 5.32 Å². The number of fused-ring (bicyclic) bond motifs is 1. The Morgan fingerprint density at radius 1 is 1.20 bits per heavy atom. The zero-order chi connectivity index (χ0) is 14.3. The summed E-state index contributed by atoms with van der Waals surface area (Å²) >= 11 is 0. The molecule has 0 radical (unpaired) electrons. The molecule has 1 N–H and O–H groups in total. The molecular formula is C18H26FN. The summed E-state index contributed by atoms with van der Waals surface area (Å²) in [6, 6.07) is 4.02. The maximum absolute atomic E-state index is 14.5. The molecule has 1 aromatic carbocycles. The summed E-state index contributed by atoms with van der Waals surface area (Å²) in [7, 11) is 0. The van der Waals surface area contributed by atoms with Crippen LogP contribution in [0, 0.1) is 37.4 Å². The van der Waals surface area contributed by atoms with E-state index in [-0.39, 0.29) is 11.9 Å². The molecule has 110 valence electrons. The van der Waals surface area contributed by atoms with Crippen LogP contribution in [0.3, 0.4) is 0 Å². The summed E-state index contributed by atoms with van der Waals surface area (Å²) in [5, 5.41) is 3.63. The third-order valence-corrected chi connectivity index (χ3v) is 5.16. The van der Waals surface area contributed by atoms with Gasteiger partial charge in [-0.05, 0) is 81.0 Å². The fourth-order valence-electron chi connectivity index (χ4n) is 4.16. The van der Waals surface area contributed by atoms with Crippen molar-refractivity contribution in [1.29, 1.82) is 0 Å². The number of benzene rings is 1. The van der Waals surface area contributed by atoms with E-state index in [1.54, 1.807) is 6.07 Å². The van der Waals surface area contributed by atoms with E-state index < -0.39 is 0 Å². The van der Waals surface area contributed by atoms with E-state index in [0.717, 1.165) is 41.5 Å². The van der Waals surface area contributed by atoms with Crippen LogP contribution in [-0.2, 0) is 0 Å². The van der Waals surface area contributed by atoms with Gasteiger partial charge in [-0.2, -0.15) is 0 Å². The van der Waals surface area contributed by atoms with Crippen molar-refractivity contribution in [2.24, 2.45) is 17.8 Å². The summed E-state index contributed by atoms with van der Waals surface area (Å²) in [4.78, 5) is 0. The van der Waals surface area contributed by atoms with Crippen molar-refractivity contribution in [1.82, 2.24) is 5.32 Å². The summed E-state index contributed by atoms with van der Waals surface area (Å²) in [5.74, 6) is 2.50. The van der Waals surface area contributed by atoms with Gasteiger partial charge in [0.2, 0.25) is 0 Å². The molecule has 2 aliphatic carbocycles. The molecule has 1 nitrogen and oxygen atoms in total. The van der Waals surface area contributed by atoms with Crippen molar-refractivity contribution in [3.05, 3.63) is 34.6 Å². The summed E-state index contributed by atoms with van der Waals surface area (Å²) in [6.45, 7) is 7.18. The average Bonchev–Trinajstić information content (AvgIpc) is 2.99. The molecule has 2 heteroatoms. The molecule has 3 atom stereocenters. The van der Waals surface area contributed by atoms with Gasteiger partial charge in [0, 0.05) is 11.6 Å². The van der Waals surface area contributed by atoms with Crippen LogP contribution in [-0.4, -0.2) is 6.54 Å². The van der Waals surface area contributed by atoms with Crippen molar-refractivity contribution in [3.8, 4) is 0 Å². The first-order valence-electron chi connectivity index (χ1n) is 8.10. The number of aryl methyl sites for hydroxylation is 2. The molecule has 2 aliphatic rings. The Hall–Kier alpha value is -0.890. The van der Waals surface area contributed by atoms with Crippen LogP contribution in [0.4, 0.5) is 4.39 Å². The predicted molar refractivity (Wildman–Crippen MR) is 81.2 cm³/mol. The Balaban J connectivity index is 1.88. The molecule has 0 spiro atoms.